The molecule has 0 radical (unpaired) electrons. The van der Waals surface area contributed by atoms with E-state index in [9.17, 15) is 12.8 Å². The second-order valence-corrected chi connectivity index (χ2v) is 6.99. The first kappa shape index (κ1) is 14.2. The molecule has 0 bridgehead atoms. The maximum absolute atomic E-state index is 14.2. The van der Waals surface area contributed by atoms with E-state index < -0.39 is 15.5 Å². The Balaban J connectivity index is 2.15. The molecule has 0 atom stereocenters. The van der Waals surface area contributed by atoms with Gasteiger partial charge >= 0.3 is 0 Å². The van der Waals surface area contributed by atoms with Crippen LogP contribution in [0.1, 0.15) is 29.8 Å². The summed E-state index contributed by atoms with van der Waals surface area (Å²) in [6.45, 7) is 3.71. The molecular formula is C16H16FNO2S. The van der Waals surface area contributed by atoms with Crippen LogP contribution in [0.2, 0.25) is 0 Å². The van der Waals surface area contributed by atoms with Crippen molar-refractivity contribution in [2.75, 3.05) is 0 Å². The molecule has 1 aromatic heterocycles. The first-order valence-electron chi connectivity index (χ1n) is 6.82. The molecule has 21 heavy (non-hydrogen) atoms. The number of rotatable bonds is 3. The molecule has 1 heterocycles. The van der Waals surface area contributed by atoms with Crippen LogP contribution in [0.4, 0.5) is 4.39 Å². The van der Waals surface area contributed by atoms with Gasteiger partial charge in [-0.1, -0.05) is 6.07 Å². The quantitative estimate of drug-likeness (QED) is 0.886. The fourth-order valence-corrected chi connectivity index (χ4v) is 3.55. The number of hydrogen-bond acceptors (Lipinski definition) is 3. The third kappa shape index (κ3) is 2.46. The fraction of sp³-hybridized carbons (Fsp3) is 0.312. The second-order valence-electron chi connectivity index (χ2n) is 5.62. The van der Waals surface area contributed by atoms with E-state index in [0.29, 0.717) is 24.0 Å². The molecule has 1 aliphatic rings. The summed E-state index contributed by atoms with van der Waals surface area (Å²) in [5.41, 5.74) is 3.47. The van der Waals surface area contributed by atoms with Gasteiger partial charge in [0.05, 0.1) is 4.75 Å². The van der Waals surface area contributed by atoms with E-state index in [1.54, 1.807) is 12.1 Å². The molecule has 2 aromatic rings. The fourth-order valence-electron chi connectivity index (χ4n) is 2.72. The molecule has 3 rings (SSSR count). The Hall–Kier alpha value is -1.75. The zero-order valence-corrected chi connectivity index (χ0v) is 12.8. The molecule has 110 valence electrons. The van der Waals surface area contributed by atoms with Crippen molar-refractivity contribution in [1.82, 2.24) is 4.98 Å². The van der Waals surface area contributed by atoms with Crippen LogP contribution in [-0.2, 0) is 15.5 Å². The molecule has 5 heteroatoms. The SMILES string of the molecule is Cc1cc(-c2cc(C3([SH](=O)=O)CC3)ccc2F)cc(C)n1. The summed E-state index contributed by atoms with van der Waals surface area (Å²) in [6.07, 6.45) is 1.23. The number of benzene rings is 1. The van der Waals surface area contributed by atoms with E-state index in [-0.39, 0.29) is 5.82 Å². The predicted molar refractivity (Wildman–Crippen MR) is 80.3 cm³/mol. The van der Waals surface area contributed by atoms with Crippen LogP contribution < -0.4 is 0 Å². The largest absolute Gasteiger partial charge is 0.258 e. The van der Waals surface area contributed by atoms with Crippen molar-refractivity contribution >= 4 is 10.7 Å². The van der Waals surface area contributed by atoms with Crippen LogP contribution in [0, 0.1) is 19.7 Å². The van der Waals surface area contributed by atoms with Crippen molar-refractivity contribution in [3.63, 3.8) is 0 Å². The van der Waals surface area contributed by atoms with Crippen molar-refractivity contribution in [3.8, 4) is 11.1 Å². The normalized spacial score (nSPS) is 16.2. The summed E-state index contributed by atoms with van der Waals surface area (Å²) in [5, 5.41) is 0. The number of nitrogens with zero attached hydrogens (tertiary/aromatic N) is 1. The summed E-state index contributed by atoms with van der Waals surface area (Å²) in [7, 11) is -2.55. The Bertz CT molecular complexity index is 767. The number of halogens is 1. The van der Waals surface area contributed by atoms with Gasteiger partial charge in [-0.05, 0) is 62.1 Å². The third-order valence-corrected chi connectivity index (χ3v) is 5.37. The average Bonchev–Trinajstić information content (AvgIpc) is 3.19. The summed E-state index contributed by atoms with van der Waals surface area (Å²) in [4.78, 5) is 4.28. The molecule has 3 nitrogen and oxygen atoms in total. The Morgan fingerprint density at radius 2 is 1.71 bits per heavy atom. The lowest BCUT2D eigenvalue weighted by Crippen LogP contribution is -2.08. The molecule has 0 aliphatic heterocycles. The van der Waals surface area contributed by atoms with Crippen LogP contribution in [0.15, 0.2) is 30.3 Å². The molecule has 1 saturated carbocycles. The minimum Gasteiger partial charge on any atom is -0.258 e. The highest BCUT2D eigenvalue weighted by atomic mass is 32.2. The van der Waals surface area contributed by atoms with Gasteiger partial charge in [0.25, 0.3) is 0 Å². The van der Waals surface area contributed by atoms with Crippen molar-refractivity contribution in [3.05, 3.63) is 53.1 Å². The first-order chi connectivity index (χ1) is 9.92. The van der Waals surface area contributed by atoms with E-state index in [4.69, 9.17) is 0 Å². The number of thiol groups is 1. The molecule has 1 aliphatic carbocycles. The smallest absolute Gasteiger partial charge is 0.150 e. The minimum absolute atomic E-state index is 0.347. The lowest BCUT2D eigenvalue weighted by molar-refractivity contribution is 0.599. The van der Waals surface area contributed by atoms with Gasteiger partial charge in [-0.2, -0.15) is 0 Å². The molecular weight excluding hydrogens is 289 g/mol. The summed E-state index contributed by atoms with van der Waals surface area (Å²) in [5.74, 6) is -0.347. The van der Waals surface area contributed by atoms with E-state index in [1.807, 2.05) is 26.0 Å². The Morgan fingerprint density at radius 1 is 1.10 bits per heavy atom. The van der Waals surface area contributed by atoms with Crippen molar-refractivity contribution in [2.45, 2.75) is 31.4 Å². The molecule has 0 amide bonds. The van der Waals surface area contributed by atoms with Crippen LogP contribution in [0.25, 0.3) is 11.1 Å². The zero-order chi connectivity index (χ0) is 15.2. The van der Waals surface area contributed by atoms with Crippen LogP contribution in [0.5, 0.6) is 0 Å². The average molecular weight is 305 g/mol. The highest BCUT2D eigenvalue weighted by Gasteiger charge is 2.48. The van der Waals surface area contributed by atoms with Gasteiger partial charge in [-0.3, -0.25) is 4.98 Å². The highest BCUT2D eigenvalue weighted by Crippen LogP contribution is 2.49. The molecule has 0 N–H and O–H groups in total. The molecule has 1 aromatic carbocycles. The van der Waals surface area contributed by atoms with E-state index >= 15 is 0 Å². The topological polar surface area (TPSA) is 47.0 Å². The zero-order valence-electron chi connectivity index (χ0n) is 11.9. The lowest BCUT2D eigenvalue weighted by Gasteiger charge is -2.12. The molecule has 0 saturated heterocycles. The van der Waals surface area contributed by atoms with Gasteiger partial charge in [0.1, 0.15) is 16.5 Å². The van der Waals surface area contributed by atoms with Crippen molar-refractivity contribution in [1.29, 1.82) is 0 Å². The van der Waals surface area contributed by atoms with Crippen LogP contribution in [-0.4, -0.2) is 13.4 Å². The molecule has 0 spiro atoms. The highest BCUT2D eigenvalue weighted by molar-refractivity contribution is 7.74. The number of hydrogen-bond donors (Lipinski definition) is 1. The van der Waals surface area contributed by atoms with Gasteiger partial charge in [-0.25, -0.2) is 12.8 Å². The minimum atomic E-state index is -2.55. The summed E-state index contributed by atoms with van der Waals surface area (Å²) in [6, 6.07) is 8.23. The number of aromatic nitrogens is 1. The van der Waals surface area contributed by atoms with Crippen LogP contribution in [0.3, 0.4) is 0 Å². The van der Waals surface area contributed by atoms with Gasteiger partial charge in [0.2, 0.25) is 0 Å². The second kappa shape index (κ2) is 4.91. The van der Waals surface area contributed by atoms with E-state index in [1.165, 1.54) is 6.07 Å². The molecule has 1 fully saturated rings. The lowest BCUT2D eigenvalue weighted by atomic mass is 9.99. The maximum atomic E-state index is 14.2. The number of pyridine rings is 1. The summed E-state index contributed by atoms with van der Waals surface area (Å²) < 4.78 is 36.3. The van der Waals surface area contributed by atoms with Gasteiger partial charge < -0.3 is 0 Å². The van der Waals surface area contributed by atoms with Gasteiger partial charge in [0, 0.05) is 17.0 Å². The monoisotopic (exact) mass is 305 g/mol. The van der Waals surface area contributed by atoms with Crippen LogP contribution >= 0.6 is 0 Å². The summed E-state index contributed by atoms with van der Waals surface area (Å²) >= 11 is 0. The van der Waals surface area contributed by atoms with Crippen molar-refractivity contribution < 1.29 is 12.8 Å². The maximum Gasteiger partial charge on any atom is 0.150 e. The van der Waals surface area contributed by atoms with E-state index in [2.05, 4.69) is 4.98 Å². The van der Waals surface area contributed by atoms with Gasteiger partial charge in [0.15, 0.2) is 0 Å². The predicted octanol–water partition coefficient (Wildman–Crippen LogP) is 3.11. The number of aryl methyl sites for hydroxylation is 2. The Morgan fingerprint density at radius 3 is 2.24 bits per heavy atom. The standard InChI is InChI=1S/C16H16FNO2S/c1-10-7-12(8-11(2)18-10)14-9-13(3-4-15(14)17)16(5-6-16)21(19)20/h3-4,7-9,21H,5-6H2,1-2H3. The van der Waals surface area contributed by atoms with Crippen molar-refractivity contribution in [2.24, 2.45) is 0 Å². The van der Waals surface area contributed by atoms with E-state index in [0.717, 1.165) is 17.0 Å². The first-order valence-corrected chi connectivity index (χ1v) is 8.00. The Labute approximate surface area is 124 Å². The van der Waals surface area contributed by atoms with Gasteiger partial charge in [-0.15, -0.1) is 0 Å². The molecule has 0 unspecified atom stereocenters. The Kier molecular flexibility index (Phi) is 3.32. The third-order valence-electron chi connectivity index (χ3n) is 3.97.